The van der Waals surface area contributed by atoms with Gasteiger partial charge in [0.1, 0.15) is 0 Å². The standard InChI is InChI=1S/C13H26N2O3/c1-5-18-12(17)7-6-9-14-11(16)8-10-15-13(2,3)4/h15H,5-10H2,1-4H3,(H,14,16). The van der Waals surface area contributed by atoms with Crippen LogP contribution < -0.4 is 10.6 Å². The average Bonchev–Trinajstić information content (AvgIpc) is 2.23. The molecule has 0 heterocycles. The van der Waals surface area contributed by atoms with Gasteiger partial charge in [-0.2, -0.15) is 0 Å². The van der Waals surface area contributed by atoms with Crippen molar-refractivity contribution in [2.75, 3.05) is 19.7 Å². The molecule has 0 spiro atoms. The summed E-state index contributed by atoms with van der Waals surface area (Å²) in [5.41, 5.74) is 0.0319. The molecule has 106 valence electrons. The Morgan fingerprint density at radius 1 is 1.11 bits per heavy atom. The summed E-state index contributed by atoms with van der Waals surface area (Å²) in [6.07, 6.45) is 1.43. The predicted octanol–water partition coefficient (Wildman–Crippen LogP) is 1.22. The first-order valence-electron chi connectivity index (χ1n) is 6.52. The fourth-order valence-corrected chi connectivity index (χ4v) is 1.33. The minimum atomic E-state index is -0.207. The highest BCUT2D eigenvalue weighted by molar-refractivity contribution is 5.76. The molecule has 0 fully saturated rings. The Morgan fingerprint density at radius 2 is 1.78 bits per heavy atom. The van der Waals surface area contributed by atoms with Crippen LogP contribution in [-0.4, -0.2) is 37.1 Å². The Labute approximate surface area is 110 Å². The van der Waals surface area contributed by atoms with Gasteiger partial charge in [0.15, 0.2) is 0 Å². The molecule has 0 saturated heterocycles. The van der Waals surface area contributed by atoms with Crippen molar-refractivity contribution in [3.8, 4) is 0 Å². The lowest BCUT2D eigenvalue weighted by Gasteiger charge is -2.20. The van der Waals surface area contributed by atoms with Crippen molar-refractivity contribution in [1.29, 1.82) is 0 Å². The third-order valence-corrected chi connectivity index (χ3v) is 2.19. The molecule has 0 rings (SSSR count). The van der Waals surface area contributed by atoms with Crippen molar-refractivity contribution in [1.82, 2.24) is 10.6 Å². The van der Waals surface area contributed by atoms with Crippen molar-refractivity contribution >= 4 is 11.9 Å². The normalized spacial score (nSPS) is 11.1. The molecular weight excluding hydrogens is 232 g/mol. The number of carbonyl (C=O) groups excluding carboxylic acids is 2. The molecule has 5 nitrogen and oxygen atoms in total. The first-order valence-corrected chi connectivity index (χ1v) is 6.52. The zero-order valence-electron chi connectivity index (χ0n) is 12.0. The molecule has 2 N–H and O–H groups in total. The second-order valence-electron chi connectivity index (χ2n) is 5.19. The van der Waals surface area contributed by atoms with E-state index in [1.807, 2.05) is 0 Å². The number of rotatable bonds is 8. The van der Waals surface area contributed by atoms with Crippen molar-refractivity contribution < 1.29 is 14.3 Å². The molecule has 0 aromatic heterocycles. The summed E-state index contributed by atoms with van der Waals surface area (Å²) in [6.45, 7) is 9.55. The molecule has 18 heavy (non-hydrogen) atoms. The number of carbonyl (C=O) groups is 2. The Hall–Kier alpha value is -1.10. The lowest BCUT2D eigenvalue weighted by Crippen LogP contribution is -2.38. The Kier molecular flexibility index (Phi) is 8.37. The van der Waals surface area contributed by atoms with E-state index < -0.39 is 0 Å². The highest BCUT2D eigenvalue weighted by atomic mass is 16.5. The van der Waals surface area contributed by atoms with Gasteiger partial charge in [0.05, 0.1) is 6.61 Å². The van der Waals surface area contributed by atoms with Crippen LogP contribution in [0.1, 0.15) is 47.0 Å². The quantitative estimate of drug-likeness (QED) is 0.507. The van der Waals surface area contributed by atoms with Gasteiger partial charge in [-0.3, -0.25) is 9.59 Å². The number of hydrogen-bond donors (Lipinski definition) is 2. The molecule has 0 aliphatic heterocycles. The maximum absolute atomic E-state index is 11.4. The molecule has 0 radical (unpaired) electrons. The van der Waals surface area contributed by atoms with E-state index in [-0.39, 0.29) is 17.4 Å². The van der Waals surface area contributed by atoms with E-state index in [0.717, 1.165) is 0 Å². The number of esters is 1. The molecule has 0 aliphatic carbocycles. The number of ether oxygens (including phenoxy) is 1. The highest BCUT2D eigenvalue weighted by Gasteiger charge is 2.09. The fraction of sp³-hybridized carbons (Fsp3) is 0.846. The Morgan fingerprint density at radius 3 is 2.33 bits per heavy atom. The maximum Gasteiger partial charge on any atom is 0.305 e. The van der Waals surface area contributed by atoms with Crippen LogP contribution in [0.2, 0.25) is 0 Å². The van der Waals surface area contributed by atoms with Crippen molar-refractivity contribution in [3.05, 3.63) is 0 Å². The molecule has 0 bridgehead atoms. The molecule has 0 unspecified atom stereocenters. The summed E-state index contributed by atoms with van der Waals surface area (Å²) < 4.78 is 4.79. The summed E-state index contributed by atoms with van der Waals surface area (Å²) >= 11 is 0. The third kappa shape index (κ3) is 11.4. The lowest BCUT2D eigenvalue weighted by molar-refractivity contribution is -0.143. The molecule has 0 aliphatic rings. The summed E-state index contributed by atoms with van der Waals surface area (Å²) in [5, 5.41) is 6.02. The molecule has 5 heteroatoms. The van der Waals surface area contributed by atoms with Crippen LogP contribution in [0.4, 0.5) is 0 Å². The molecule has 0 aromatic carbocycles. The van der Waals surface area contributed by atoms with Gasteiger partial charge >= 0.3 is 5.97 Å². The van der Waals surface area contributed by atoms with E-state index in [4.69, 9.17) is 4.74 Å². The van der Waals surface area contributed by atoms with E-state index in [0.29, 0.717) is 39.0 Å². The van der Waals surface area contributed by atoms with Crippen LogP contribution in [0.15, 0.2) is 0 Å². The summed E-state index contributed by atoms with van der Waals surface area (Å²) in [7, 11) is 0. The largest absolute Gasteiger partial charge is 0.466 e. The molecule has 0 aromatic rings. The van der Waals surface area contributed by atoms with Gasteiger partial charge in [0, 0.05) is 31.5 Å². The summed E-state index contributed by atoms with van der Waals surface area (Å²) in [5.74, 6) is -0.197. The van der Waals surface area contributed by atoms with Crippen LogP contribution >= 0.6 is 0 Å². The van der Waals surface area contributed by atoms with Crippen molar-refractivity contribution in [3.63, 3.8) is 0 Å². The Balaban J connectivity index is 3.46. The van der Waals surface area contributed by atoms with Crippen LogP contribution in [0.25, 0.3) is 0 Å². The number of hydrogen-bond acceptors (Lipinski definition) is 4. The monoisotopic (exact) mass is 258 g/mol. The van der Waals surface area contributed by atoms with Crippen LogP contribution in [0.3, 0.4) is 0 Å². The average molecular weight is 258 g/mol. The van der Waals surface area contributed by atoms with Crippen LogP contribution in [-0.2, 0) is 14.3 Å². The van der Waals surface area contributed by atoms with Crippen LogP contribution in [0.5, 0.6) is 0 Å². The second kappa shape index (κ2) is 8.91. The van der Waals surface area contributed by atoms with Crippen molar-refractivity contribution in [2.45, 2.75) is 52.5 Å². The smallest absolute Gasteiger partial charge is 0.305 e. The van der Waals surface area contributed by atoms with Gasteiger partial charge in [0.25, 0.3) is 0 Å². The SMILES string of the molecule is CCOC(=O)CCCNC(=O)CCNC(C)(C)C. The molecular formula is C13H26N2O3. The Bertz CT molecular complexity index is 259. The van der Waals surface area contributed by atoms with E-state index >= 15 is 0 Å². The van der Waals surface area contributed by atoms with Gasteiger partial charge in [-0.05, 0) is 34.1 Å². The molecule has 1 amide bonds. The lowest BCUT2D eigenvalue weighted by atomic mass is 10.1. The van der Waals surface area contributed by atoms with E-state index in [1.54, 1.807) is 6.92 Å². The van der Waals surface area contributed by atoms with Gasteiger partial charge in [0.2, 0.25) is 5.91 Å². The zero-order chi connectivity index (χ0) is 14.0. The predicted molar refractivity (Wildman–Crippen MR) is 71.2 cm³/mol. The first kappa shape index (κ1) is 16.9. The molecule has 0 atom stereocenters. The van der Waals surface area contributed by atoms with E-state index in [9.17, 15) is 9.59 Å². The zero-order valence-corrected chi connectivity index (χ0v) is 12.0. The highest BCUT2D eigenvalue weighted by Crippen LogP contribution is 1.98. The van der Waals surface area contributed by atoms with Gasteiger partial charge in [-0.15, -0.1) is 0 Å². The summed E-state index contributed by atoms with van der Waals surface area (Å²) in [6, 6.07) is 0. The van der Waals surface area contributed by atoms with Crippen LogP contribution in [0, 0.1) is 0 Å². The number of nitrogens with one attached hydrogen (secondary N) is 2. The topological polar surface area (TPSA) is 67.4 Å². The van der Waals surface area contributed by atoms with Gasteiger partial charge in [-0.25, -0.2) is 0 Å². The third-order valence-electron chi connectivity index (χ3n) is 2.19. The minimum absolute atomic E-state index is 0.00982. The summed E-state index contributed by atoms with van der Waals surface area (Å²) in [4.78, 5) is 22.5. The maximum atomic E-state index is 11.4. The fourth-order valence-electron chi connectivity index (χ4n) is 1.33. The second-order valence-corrected chi connectivity index (χ2v) is 5.19. The minimum Gasteiger partial charge on any atom is -0.466 e. The van der Waals surface area contributed by atoms with Crippen molar-refractivity contribution in [2.24, 2.45) is 0 Å². The van der Waals surface area contributed by atoms with Gasteiger partial charge < -0.3 is 15.4 Å². The van der Waals surface area contributed by atoms with E-state index in [1.165, 1.54) is 0 Å². The van der Waals surface area contributed by atoms with Gasteiger partial charge in [-0.1, -0.05) is 0 Å². The number of amides is 1. The molecule has 0 saturated carbocycles. The van der Waals surface area contributed by atoms with E-state index in [2.05, 4.69) is 31.4 Å². The first-order chi connectivity index (χ1) is 8.35.